The molecule has 1 aliphatic heterocycles. The van der Waals surface area contributed by atoms with Crippen molar-refractivity contribution in [3.05, 3.63) is 48.0 Å². The van der Waals surface area contributed by atoms with Gasteiger partial charge in [-0.05, 0) is 30.2 Å². The first-order valence-corrected chi connectivity index (χ1v) is 8.14. The topological polar surface area (TPSA) is 76.0 Å². The van der Waals surface area contributed by atoms with E-state index in [4.69, 9.17) is 0 Å². The van der Waals surface area contributed by atoms with Gasteiger partial charge in [-0.1, -0.05) is 13.8 Å². The molecule has 0 bridgehead atoms. The van der Waals surface area contributed by atoms with Crippen molar-refractivity contribution in [2.75, 3.05) is 11.9 Å². The van der Waals surface area contributed by atoms with Crippen LogP contribution in [0.4, 0.5) is 5.69 Å². The Bertz CT molecular complexity index is 750. The molecule has 0 aliphatic carbocycles. The lowest BCUT2D eigenvalue weighted by atomic mass is 9.77. The molecule has 6 heteroatoms. The molecule has 2 heterocycles. The maximum Gasteiger partial charge on any atom is 0.251 e. The van der Waals surface area contributed by atoms with Gasteiger partial charge >= 0.3 is 0 Å². The number of carbonyl (C=O) groups is 2. The summed E-state index contributed by atoms with van der Waals surface area (Å²) in [4.78, 5) is 28.1. The van der Waals surface area contributed by atoms with Crippen molar-refractivity contribution in [3.63, 3.8) is 0 Å². The Morgan fingerprint density at radius 3 is 3.00 bits per heavy atom. The summed E-state index contributed by atoms with van der Waals surface area (Å²) in [6, 6.07) is 5.46. The number of imidazole rings is 1. The Hall–Kier alpha value is -2.63. The van der Waals surface area contributed by atoms with Gasteiger partial charge in [0.15, 0.2) is 0 Å². The first-order valence-electron chi connectivity index (χ1n) is 8.14. The predicted octanol–water partition coefficient (Wildman–Crippen LogP) is 2.32. The molecule has 3 rings (SSSR count). The van der Waals surface area contributed by atoms with Gasteiger partial charge in [0, 0.05) is 48.6 Å². The van der Waals surface area contributed by atoms with E-state index >= 15 is 0 Å². The summed E-state index contributed by atoms with van der Waals surface area (Å²) < 4.78 is 1.98. The van der Waals surface area contributed by atoms with Gasteiger partial charge < -0.3 is 15.2 Å². The van der Waals surface area contributed by atoms with Crippen molar-refractivity contribution in [2.24, 2.45) is 0 Å². The average molecular weight is 326 g/mol. The molecule has 2 N–H and O–H groups in total. The van der Waals surface area contributed by atoms with Gasteiger partial charge in [-0.2, -0.15) is 0 Å². The normalized spacial score (nSPS) is 15.5. The molecular weight excluding hydrogens is 304 g/mol. The second-order valence-corrected chi connectivity index (χ2v) is 6.78. The van der Waals surface area contributed by atoms with Crippen LogP contribution in [0.5, 0.6) is 0 Å². The minimum atomic E-state index is -0.268. The van der Waals surface area contributed by atoms with E-state index in [0.29, 0.717) is 18.5 Å². The number of nitrogens with one attached hydrogen (secondary N) is 2. The van der Waals surface area contributed by atoms with E-state index in [-0.39, 0.29) is 17.2 Å². The number of hydrogen-bond acceptors (Lipinski definition) is 3. The van der Waals surface area contributed by atoms with Gasteiger partial charge in [0.25, 0.3) is 5.91 Å². The van der Waals surface area contributed by atoms with Crippen LogP contribution < -0.4 is 10.6 Å². The van der Waals surface area contributed by atoms with Crippen LogP contribution in [0.2, 0.25) is 0 Å². The zero-order valence-corrected chi connectivity index (χ0v) is 14.0. The maximum atomic E-state index is 12.3. The monoisotopic (exact) mass is 326 g/mol. The number of aromatic nitrogens is 2. The van der Waals surface area contributed by atoms with Crippen LogP contribution in [-0.4, -0.2) is 27.9 Å². The van der Waals surface area contributed by atoms with Crippen molar-refractivity contribution in [3.8, 4) is 0 Å². The molecule has 24 heavy (non-hydrogen) atoms. The molecule has 1 aliphatic rings. The third kappa shape index (κ3) is 3.48. The maximum absolute atomic E-state index is 12.3. The Kier molecular flexibility index (Phi) is 4.38. The summed E-state index contributed by atoms with van der Waals surface area (Å²) in [5.41, 5.74) is 2.16. The van der Waals surface area contributed by atoms with Crippen molar-refractivity contribution >= 4 is 17.5 Å². The first kappa shape index (κ1) is 16.2. The quantitative estimate of drug-likeness (QED) is 0.828. The molecule has 2 aromatic rings. The fraction of sp³-hybridized carbons (Fsp3) is 0.389. The Morgan fingerprint density at radius 2 is 2.25 bits per heavy atom. The summed E-state index contributed by atoms with van der Waals surface area (Å²) in [5.74, 6) is -0.0691. The summed E-state index contributed by atoms with van der Waals surface area (Å²) in [5, 5.41) is 5.81. The fourth-order valence-corrected chi connectivity index (χ4v) is 3.03. The van der Waals surface area contributed by atoms with Gasteiger partial charge in [-0.3, -0.25) is 9.59 Å². The number of carbonyl (C=O) groups excluding carboxylic acids is 2. The van der Waals surface area contributed by atoms with E-state index < -0.39 is 0 Å². The smallest absolute Gasteiger partial charge is 0.251 e. The number of fused-ring (bicyclic) bond motifs is 1. The summed E-state index contributed by atoms with van der Waals surface area (Å²) in [7, 11) is 0. The molecule has 0 radical (unpaired) electrons. The zero-order valence-electron chi connectivity index (χ0n) is 14.0. The van der Waals surface area contributed by atoms with Crippen LogP contribution >= 0.6 is 0 Å². The minimum Gasteiger partial charge on any atom is -0.352 e. The number of amides is 2. The third-order valence-corrected chi connectivity index (χ3v) is 4.33. The summed E-state index contributed by atoms with van der Waals surface area (Å²) in [6.07, 6.45) is 6.68. The largest absolute Gasteiger partial charge is 0.352 e. The standard InChI is InChI=1S/C18H22N4O2/c1-18(2)11-16(23)21-15-5-4-13(10-14(15)18)17(24)20-6-3-8-22-9-7-19-12-22/h4-5,7,9-10,12H,3,6,8,11H2,1-2H3,(H,20,24)(H,21,23). The van der Waals surface area contributed by atoms with Crippen LogP contribution in [0.25, 0.3) is 0 Å². The van der Waals surface area contributed by atoms with Crippen LogP contribution in [-0.2, 0) is 16.8 Å². The number of hydrogen-bond donors (Lipinski definition) is 2. The van der Waals surface area contributed by atoms with E-state index in [9.17, 15) is 9.59 Å². The average Bonchev–Trinajstić information content (AvgIpc) is 3.03. The van der Waals surface area contributed by atoms with Crippen LogP contribution in [0.15, 0.2) is 36.9 Å². The van der Waals surface area contributed by atoms with Crippen molar-refractivity contribution in [1.82, 2.24) is 14.9 Å². The number of anilines is 1. The van der Waals surface area contributed by atoms with Crippen LogP contribution in [0, 0.1) is 0 Å². The van der Waals surface area contributed by atoms with E-state index in [1.54, 1.807) is 18.6 Å². The molecule has 0 atom stereocenters. The van der Waals surface area contributed by atoms with Crippen LogP contribution in [0.3, 0.4) is 0 Å². The molecule has 1 aromatic heterocycles. The highest BCUT2D eigenvalue weighted by Crippen LogP contribution is 2.37. The van der Waals surface area contributed by atoms with Crippen molar-refractivity contribution < 1.29 is 9.59 Å². The van der Waals surface area contributed by atoms with Crippen molar-refractivity contribution in [1.29, 1.82) is 0 Å². The lowest BCUT2D eigenvalue weighted by molar-refractivity contribution is -0.117. The van der Waals surface area contributed by atoms with Crippen LogP contribution in [0.1, 0.15) is 42.6 Å². The number of nitrogens with zero attached hydrogens (tertiary/aromatic N) is 2. The lowest BCUT2D eigenvalue weighted by Crippen LogP contribution is -2.33. The highest BCUT2D eigenvalue weighted by atomic mass is 16.2. The van der Waals surface area contributed by atoms with E-state index in [1.165, 1.54) is 0 Å². The summed E-state index contributed by atoms with van der Waals surface area (Å²) in [6.45, 7) is 5.48. The highest BCUT2D eigenvalue weighted by Gasteiger charge is 2.32. The number of rotatable bonds is 5. The molecule has 2 amide bonds. The molecule has 0 unspecified atom stereocenters. The lowest BCUT2D eigenvalue weighted by Gasteiger charge is -2.32. The number of aryl methyl sites for hydroxylation is 1. The van der Waals surface area contributed by atoms with E-state index in [2.05, 4.69) is 15.6 Å². The fourth-order valence-electron chi connectivity index (χ4n) is 3.03. The Morgan fingerprint density at radius 1 is 1.42 bits per heavy atom. The van der Waals surface area contributed by atoms with Gasteiger partial charge in [-0.25, -0.2) is 4.98 Å². The van der Waals surface area contributed by atoms with Gasteiger partial charge in [0.05, 0.1) is 6.33 Å². The SMILES string of the molecule is CC1(C)CC(=O)Nc2ccc(C(=O)NCCCn3ccnc3)cc21. The molecule has 0 saturated carbocycles. The first-order chi connectivity index (χ1) is 11.5. The third-order valence-electron chi connectivity index (χ3n) is 4.33. The Balaban J connectivity index is 1.62. The predicted molar refractivity (Wildman–Crippen MR) is 91.9 cm³/mol. The summed E-state index contributed by atoms with van der Waals surface area (Å²) >= 11 is 0. The second kappa shape index (κ2) is 6.47. The molecule has 0 saturated heterocycles. The molecule has 1 aromatic carbocycles. The number of benzene rings is 1. The van der Waals surface area contributed by atoms with Gasteiger partial charge in [-0.15, -0.1) is 0 Å². The van der Waals surface area contributed by atoms with E-state index in [1.807, 2.05) is 36.7 Å². The van der Waals surface area contributed by atoms with Gasteiger partial charge in [0.2, 0.25) is 5.91 Å². The highest BCUT2D eigenvalue weighted by molar-refractivity contribution is 5.98. The minimum absolute atomic E-state index is 0.0178. The zero-order chi connectivity index (χ0) is 17.2. The second-order valence-electron chi connectivity index (χ2n) is 6.78. The van der Waals surface area contributed by atoms with Crippen molar-refractivity contribution in [2.45, 2.75) is 38.6 Å². The van der Waals surface area contributed by atoms with Gasteiger partial charge in [0.1, 0.15) is 0 Å². The molecule has 126 valence electrons. The molecule has 0 fully saturated rings. The van der Waals surface area contributed by atoms with E-state index in [0.717, 1.165) is 24.2 Å². The molecule has 6 nitrogen and oxygen atoms in total. The molecule has 0 spiro atoms. The Labute approximate surface area is 141 Å². The molecular formula is C18H22N4O2.